The summed E-state index contributed by atoms with van der Waals surface area (Å²) < 4.78 is 0. The summed E-state index contributed by atoms with van der Waals surface area (Å²) in [5, 5.41) is 3.19. The van der Waals surface area contributed by atoms with Gasteiger partial charge in [-0.3, -0.25) is 4.99 Å². The van der Waals surface area contributed by atoms with Crippen molar-refractivity contribution in [1.29, 1.82) is 0 Å². The molecule has 0 heterocycles. The van der Waals surface area contributed by atoms with Crippen LogP contribution in [0.2, 0.25) is 0 Å². The van der Waals surface area contributed by atoms with Gasteiger partial charge in [0.1, 0.15) is 0 Å². The minimum atomic E-state index is 0.636. The van der Waals surface area contributed by atoms with Crippen molar-refractivity contribution in [2.24, 2.45) is 22.6 Å². The number of nitrogens with one attached hydrogen (secondary N) is 1. The van der Waals surface area contributed by atoms with E-state index in [4.69, 9.17) is 5.73 Å². The van der Waals surface area contributed by atoms with E-state index in [-0.39, 0.29) is 0 Å². The molecule has 1 rings (SSSR count). The van der Waals surface area contributed by atoms with Crippen molar-refractivity contribution in [2.45, 2.75) is 52.4 Å². The van der Waals surface area contributed by atoms with Crippen molar-refractivity contribution in [1.82, 2.24) is 5.32 Å². The Labute approximate surface area is 99.9 Å². The highest BCUT2D eigenvalue weighted by Gasteiger charge is 2.16. The van der Waals surface area contributed by atoms with E-state index in [1.807, 2.05) is 0 Å². The van der Waals surface area contributed by atoms with Crippen molar-refractivity contribution in [3.05, 3.63) is 0 Å². The van der Waals surface area contributed by atoms with Gasteiger partial charge in [-0.25, -0.2) is 0 Å². The van der Waals surface area contributed by atoms with Crippen LogP contribution in [0.3, 0.4) is 0 Å². The van der Waals surface area contributed by atoms with Crippen molar-refractivity contribution in [3.8, 4) is 0 Å². The predicted octanol–water partition coefficient (Wildman–Crippen LogP) is 2.52. The monoisotopic (exact) mass is 225 g/mol. The third-order valence-corrected chi connectivity index (χ3v) is 3.26. The number of hydrogen-bond donors (Lipinski definition) is 2. The number of rotatable bonds is 7. The molecule has 0 spiro atoms. The zero-order valence-corrected chi connectivity index (χ0v) is 10.8. The van der Waals surface area contributed by atoms with Crippen LogP contribution in [0.1, 0.15) is 52.4 Å². The van der Waals surface area contributed by atoms with Gasteiger partial charge in [-0.1, -0.05) is 33.1 Å². The van der Waals surface area contributed by atoms with Crippen LogP contribution in [0.25, 0.3) is 0 Å². The van der Waals surface area contributed by atoms with Gasteiger partial charge in [-0.2, -0.15) is 0 Å². The van der Waals surface area contributed by atoms with E-state index in [0.29, 0.717) is 5.96 Å². The summed E-state index contributed by atoms with van der Waals surface area (Å²) in [5.74, 6) is 2.25. The molecule has 1 saturated carbocycles. The number of nitrogens with zero attached hydrogens (tertiary/aromatic N) is 1. The SMILES string of the molecule is CC(C)CCCCNC(N)=NCC1CCC1. The van der Waals surface area contributed by atoms with E-state index in [1.54, 1.807) is 0 Å². The Hall–Kier alpha value is -0.730. The van der Waals surface area contributed by atoms with Crippen molar-refractivity contribution in [3.63, 3.8) is 0 Å². The van der Waals surface area contributed by atoms with Crippen LogP contribution >= 0.6 is 0 Å². The summed E-state index contributed by atoms with van der Waals surface area (Å²) in [5.41, 5.74) is 5.78. The summed E-state index contributed by atoms with van der Waals surface area (Å²) in [6.07, 6.45) is 7.83. The minimum Gasteiger partial charge on any atom is -0.370 e. The normalized spacial score (nSPS) is 17.6. The van der Waals surface area contributed by atoms with Crippen LogP contribution in [0, 0.1) is 11.8 Å². The van der Waals surface area contributed by atoms with Gasteiger partial charge >= 0.3 is 0 Å². The van der Waals surface area contributed by atoms with E-state index in [9.17, 15) is 0 Å². The molecule has 3 heteroatoms. The van der Waals surface area contributed by atoms with E-state index in [2.05, 4.69) is 24.2 Å². The maximum atomic E-state index is 5.78. The van der Waals surface area contributed by atoms with Crippen molar-refractivity contribution < 1.29 is 0 Å². The second kappa shape index (κ2) is 7.53. The van der Waals surface area contributed by atoms with E-state index in [1.165, 1.54) is 38.5 Å². The van der Waals surface area contributed by atoms with E-state index in [0.717, 1.165) is 24.9 Å². The topological polar surface area (TPSA) is 50.4 Å². The molecule has 94 valence electrons. The van der Waals surface area contributed by atoms with E-state index < -0.39 is 0 Å². The van der Waals surface area contributed by atoms with Gasteiger partial charge in [-0.15, -0.1) is 0 Å². The molecule has 1 aliphatic carbocycles. The molecule has 0 unspecified atom stereocenters. The summed E-state index contributed by atoms with van der Waals surface area (Å²) in [6, 6.07) is 0. The average molecular weight is 225 g/mol. The molecule has 0 aliphatic heterocycles. The maximum Gasteiger partial charge on any atom is 0.188 e. The van der Waals surface area contributed by atoms with E-state index >= 15 is 0 Å². The lowest BCUT2D eigenvalue weighted by molar-refractivity contribution is 0.326. The lowest BCUT2D eigenvalue weighted by Gasteiger charge is -2.23. The molecule has 0 aromatic heterocycles. The first kappa shape index (κ1) is 13.3. The molecule has 0 bridgehead atoms. The average Bonchev–Trinajstić information content (AvgIpc) is 2.14. The molecule has 3 N–H and O–H groups in total. The quantitative estimate of drug-likeness (QED) is 0.397. The Balaban J connectivity index is 1.94. The lowest BCUT2D eigenvalue weighted by atomic mass is 9.86. The Morgan fingerprint density at radius 2 is 2.12 bits per heavy atom. The Kier molecular flexibility index (Phi) is 6.27. The fraction of sp³-hybridized carbons (Fsp3) is 0.923. The Bertz CT molecular complexity index is 207. The first-order valence-electron chi connectivity index (χ1n) is 6.72. The van der Waals surface area contributed by atoms with Crippen LogP contribution in [0.15, 0.2) is 4.99 Å². The van der Waals surface area contributed by atoms with Gasteiger partial charge in [0.25, 0.3) is 0 Å². The zero-order valence-electron chi connectivity index (χ0n) is 10.8. The first-order chi connectivity index (χ1) is 7.68. The summed E-state index contributed by atoms with van der Waals surface area (Å²) in [4.78, 5) is 4.36. The van der Waals surface area contributed by atoms with Gasteiger partial charge < -0.3 is 11.1 Å². The van der Waals surface area contributed by atoms with Crippen LogP contribution < -0.4 is 11.1 Å². The Morgan fingerprint density at radius 1 is 1.38 bits per heavy atom. The van der Waals surface area contributed by atoms with Gasteiger partial charge in [0.2, 0.25) is 0 Å². The predicted molar refractivity (Wildman–Crippen MR) is 70.5 cm³/mol. The van der Waals surface area contributed by atoms with Gasteiger partial charge in [0.05, 0.1) is 0 Å². The fourth-order valence-electron chi connectivity index (χ4n) is 1.85. The van der Waals surface area contributed by atoms with Gasteiger partial charge in [-0.05, 0) is 31.1 Å². The van der Waals surface area contributed by atoms with Gasteiger partial charge in [0.15, 0.2) is 5.96 Å². The number of unbranched alkanes of at least 4 members (excludes halogenated alkanes) is 1. The van der Waals surface area contributed by atoms with Crippen LogP contribution in [-0.2, 0) is 0 Å². The zero-order chi connectivity index (χ0) is 11.8. The second-order valence-electron chi connectivity index (χ2n) is 5.34. The van der Waals surface area contributed by atoms with Crippen LogP contribution in [0.5, 0.6) is 0 Å². The van der Waals surface area contributed by atoms with Crippen molar-refractivity contribution in [2.75, 3.05) is 13.1 Å². The molecule has 3 nitrogen and oxygen atoms in total. The molecule has 0 aromatic rings. The Morgan fingerprint density at radius 3 is 2.69 bits per heavy atom. The van der Waals surface area contributed by atoms with Crippen LogP contribution in [-0.4, -0.2) is 19.0 Å². The molecule has 16 heavy (non-hydrogen) atoms. The molecular formula is C13H27N3. The molecule has 0 radical (unpaired) electrons. The highest BCUT2D eigenvalue weighted by molar-refractivity contribution is 5.77. The first-order valence-corrected chi connectivity index (χ1v) is 6.72. The molecule has 1 fully saturated rings. The molecular weight excluding hydrogens is 198 g/mol. The molecule has 1 aliphatic rings. The third-order valence-electron chi connectivity index (χ3n) is 3.26. The lowest BCUT2D eigenvalue weighted by Crippen LogP contribution is -2.33. The largest absolute Gasteiger partial charge is 0.370 e. The third kappa shape index (κ3) is 5.99. The van der Waals surface area contributed by atoms with Crippen LogP contribution in [0.4, 0.5) is 0 Å². The fourth-order valence-corrected chi connectivity index (χ4v) is 1.85. The van der Waals surface area contributed by atoms with Gasteiger partial charge in [0, 0.05) is 13.1 Å². The summed E-state index contributed by atoms with van der Waals surface area (Å²) in [7, 11) is 0. The van der Waals surface area contributed by atoms with Crippen molar-refractivity contribution >= 4 is 5.96 Å². The number of guanidine groups is 1. The highest BCUT2D eigenvalue weighted by atomic mass is 15.1. The number of aliphatic imine (C=N–C) groups is 1. The molecule has 0 amide bonds. The maximum absolute atomic E-state index is 5.78. The second-order valence-corrected chi connectivity index (χ2v) is 5.34. The number of hydrogen-bond acceptors (Lipinski definition) is 1. The minimum absolute atomic E-state index is 0.636. The standard InChI is InChI=1S/C13H27N3/c1-11(2)6-3-4-9-15-13(14)16-10-12-7-5-8-12/h11-12H,3-10H2,1-2H3,(H3,14,15,16). The highest BCUT2D eigenvalue weighted by Crippen LogP contribution is 2.26. The number of nitrogens with two attached hydrogens (primary N) is 1. The molecule has 0 saturated heterocycles. The molecule has 0 atom stereocenters. The molecule has 0 aromatic carbocycles. The smallest absolute Gasteiger partial charge is 0.188 e. The summed E-state index contributed by atoms with van der Waals surface area (Å²) >= 11 is 0. The summed E-state index contributed by atoms with van der Waals surface area (Å²) in [6.45, 7) is 6.42.